The van der Waals surface area contributed by atoms with Crippen LogP contribution in [0.4, 0.5) is 0 Å². The molecule has 0 fully saturated rings. The summed E-state index contributed by atoms with van der Waals surface area (Å²) in [5, 5.41) is 8.69. The van der Waals surface area contributed by atoms with Gasteiger partial charge in [0.1, 0.15) is 0 Å². The van der Waals surface area contributed by atoms with Crippen LogP contribution >= 0.6 is 0 Å². The number of carbonyl (C=O) groups is 1. The molecule has 1 aromatic rings. The van der Waals surface area contributed by atoms with Gasteiger partial charge in [-0.1, -0.05) is 51.9 Å². The van der Waals surface area contributed by atoms with E-state index in [0.717, 1.165) is 18.4 Å². The van der Waals surface area contributed by atoms with E-state index >= 15 is 0 Å². The fourth-order valence-corrected chi connectivity index (χ4v) is 2.06. The Morgan fingerprint density at radius 3 is 2.05 bits per heavy atom. The summed E-state index contributed by atoms with van der Waals surface area (Å²) in [6.45, 7) is 2.23. The Hall–Kier alpha value is -1.45. The van der Waals surface area contributed by atoms with Crippen LogP contribution in [0.5, 0.6) is 0 Å². The number of aromatic nitrogens is 2. The van der Waals surface area contributed by atoms with E-state index in [1.807, 2.05) is 0 Å². The highest BCUT2D eigenvalue weighted by Crippen LogP contribution is 2.10. The van der Waals surface area contributed by atoms with E-state index in [0.29, 0.717) is 0 Å². The second-order valence-electron chi connectivity index (χ2n) is 4.94. The lowest BCUT2D eigenvalue weighted by atomic mass is 10.1. The maximum Gasteiger partial charge on any atom is 0.373 e. The second-order valence-corrected chi connectivity index (χ2v) is 4.94. The zero-order valence-electron chi connectivity index (χ0n) is 11.8. The normalized spacial score (nSPS) is 10.6. The lowest BCUT2D eigenvalue weighted by Crippen LogP contribution is -2.04. The van der Waals surface area contributed by atoms with Gasteiger partial charge in [-0.15, -0.1) is 0 Å². The zero-order chi connectivity index (χ0) is 13.9. The molecule has 4 nitrogen and oxygen atoms in total. The molecule has 0 aromatic carbocycles. The summed E-state index contributed by atoms with van der Waals surface area (Å²) >= 11 is 0. The molecule has 1 heterocycles. The maximum absolute atomic E-state index is 10.6. The largest absolute Gasteiger partial charge is 0.475 e. The van der Waals surface area contributed by atoms with Gasteiger partial charge in [0.05, 0.1) is 0 Å². The van der Waals surface area contributed by atoms with Crippen molar-refractivity contribution in [2.75, 3.05) is 0 Å². The van der Waals surface area contributed by atoms with E-state index in [2.05, 4.69) is 16.9 Å². The highest BCUT2D eigenvalue weighted by molar-refractivity contribution is 5.82. The third-order valence-electron chi connectivity index (χ3n) is 3.22. The van der Waals surface area contributed by atoms with Crippen LogP contribution in [0.2, 0.25) is 0 Å². The molecule has 0 aliphatic rings. The van der Waals surface area contributed by atoms with Crippen molar-refractivity contribution in [3.05, 3.63) is 23.8 Å². The van der Waals surface area contributed by atoms with Gasteiger partial charge >= 0.3 is 5.97 Å². The lowest BCUT2D eigenvalue weighted by Gasteiger charge is -2.02. The number of unbranched alkanes of at least 4 members (excludes halogenated alkanes) is 7. The molecule has 106 valence electrons. The van der Waals surface area contributed by atoms with Crippen LogP contribution in [-0.4, -0.2) is 21.0 Å². The van der Waals surface area contributed by atoms with Crippen molar-refractivity contribution in [1.29, 1.82) is 0 Å². The predicted molar refractivity (Wildman–Crippen MR) is 75.3 cm³/mol. The minimum absolute atomic E-state index is 0.125. The molecule has 4 heteroatoms. The van der Waals surface area contributed by atoms with Crippen molar-refractivity contribution in [1.82, 2.24) is 9.97 Å². The molecule has 0 unspecified atom stereocenters. The van der Waals surface area contributed by atoms with E-state index in [4.69, 9.17) is 5.11 Å². The highest BCUT2D eigenvalue weighted by atomic mass is 16.4. The quantitative estimate of drug-likeness (QED) is 0.652. The molecule has 0 aliphatic heterocycles. The molecule has 0 saturated carbocycles. The van der Waals surface area contributed by atoms with Gasteiger partial charge in [0.25, 0.3) is 0 Å². The molecular weight excluding hydrogens is 240 g/mol. The number of carboxylic acids is 1. The molecular formula is C15H24N2O2. The van der Waals surface area contributed by atoms with Gasteiger partial charge in [0.15, 0.2) is 0 Å². The van der Waals surface area contributed by atoms with Crippen LogP contribution in [0.1, 0.15) is 74.5 Å². The molecule has 0 spiro atoms. The van der Waals surface area contributed by atoms with Crippen molar-refractivity contribution in [2.24, 2.45) is 0 Å². The van der Waals surface area contributed by atoms with Gasteiger partial charge in [-0.05, 0) is 18.4 Å². The lowest BCUT2D eigenvalue weighted by molar-refractivity contribution is 0.0683. The molecule has 19 heavy (non-hydrogen) atoms. The van der Waals surface area contributed by atoms with Crippen molar-refractivity contribution in [3.8, 4) is 0 Å². The summed E-state index contributed by atoms with van der Waals surface area (Å²) in [6, 6.07) is 0. The average molecular weight is 264 g/mol. The fourth-order valence-electron chi connectivity index (χ4n) is 2.06. The van der Waals surface area contributed by atoms with Crippen LogP contribution in [0, 0.1) is 0 Å². The maximum atomic E-state index is 10.6. The zero-order valence-corrected chi connectivity index (χ0v) is 11.8. The van der Waals surface area contributed by atoms with Gasteiger partial charge in [0.2, 0.25) is 5.82 Å². The van der Waals surface area contributed by atoms with Crippen LogP contribution < -0.4 is 0 Å². The van der Waals surface area contributed by atoms with E-state index in [-0.39, 0.29) is 5.82 Å². The first-order valence-corrected chi connectivity index (χ1v) is 7.28. The van der Waals surface area contributed by atoms with Crippen molar-refractivity contribution in [2.45, 2.75) is 64.7 Å². The minimum Gasteiger partial charge on any atom is -0.475 e. The molecule has 0 amide bonds. The van der Waals surface area contributed by atoms with E-state index < -0.39 is 5.97 Å². The molecule has 0 radical (unpaired) electrons. The van der Waals surface area contributed by atoms with Crippen LogP contribution in [0.3, 0.4) is 0 Å². The summed E-state index contributed by atoms with van der Waals surface area (Å²) in [4.78, 5) is 18.2. The molecule has 0 aliphatic carbocycles. The van der Waals surface area contributed by atoms with Crippen molar-refractivity contribution >= 4 is 5.97 Å². The number of rotatable bonds is 10. The Bertz CT molecular complexity index is 363. The van der Waals surface area contributed by atoms with Gasteiger partial charge in [-0.2, -0.15) is 0 Å². The van der Waals surface area contributed by atoms with Gasteiger partial charge in [0, 0.05) is 12.4 Å². The third-order valence-corrected chi connectivity index (χ3v) is 3.22. The summed E-state index contributed by atoms with van der Waals surface area (Å²) in [5.41, 5.74) is 1.02. The van der Waals surface area contributed by atoms with Crippen LogP contribution in [-0.2, 0) is 6.42 Å². The molecule has 1 rings (SSSR count). The summed E-state index contributed by atoms with van der Waals surface area (Å²) in [7, 11) is 0. The number of hydrogen-bond donors (Lipinski definition) is 1. The highest BCUT2D eigenvalue weighted by Gasteiger charge is 2.05. The Labute approximate surface area is 115 Å². The minimum atomic E-state index is -1.07. The number of nitrogens with zero attached hydrogens (tertiary/aromatic N) is 2. The first-order chi connectivity index (χ1) is 9.24. The monoisotopic (exact) mass is 264 g/mol. The standard InChI is InChI=1S/C15H24N2O2/c1-2-3-4-5-6-7-8-9-10-13-11-16-14(15(18)19)17-12-13/h11-12H,2-10H2,1H3,(H,18,19). The Kier molecular flexibility index (Phi) is 7.78. The first-order valence-electron chi connectivity index (χ1n) is 7.28. The summed E-state index contributed by atoms with van der Waals surface area (Å²) < 4.78 is 0. The number of hydrogen-bond acceptors (Lipinski definition) is 3. The Morgan fingerprint density at radius 2 is 1.53 bits per heavy atom. The van der Waals surface area contributed by atoms with Gasteiger partial charge in [-0.3, -0.25) is 0 Å². The first kappa shape index (κ1) is 15.6. The predicted octanol–water partition coefficient (Wildman–Crippen LogP) is 3.86. The van der Waals surface area contributed by atoms with Crippen LogP contribution in [0.25, 0.3) is 0 Å². The van der Waals surface area contributed by atoms with Gasteiger partial charge < -0.3 is 5.11 Å². The molecule has 0 atom stereocenters. The summed E-state index contributed by atoms with van der Waals surface area (Å²) in [5.74, 6) is -1.20. The van der Waals surface area contributed by atoms with Gasteiger partial charge in [-0.25, -0.2) is 14.8 Å². The number of aryl methyl sites for hydroxylation is 1. The third kappa shape index (κ3) is 6.89. The van der Waals surface area contributed by atoms with Crippen molar-refractivity contribution < 1.29 is 9.90 Å². The summed E-state index contributed by atoms with van der Waals surface area (Å²) in [6.07, 6.45) is 14.5. The fraction of sp³-hybridized carbons (Fsp3) is 0.667. The molecule has 0 bridgehead atoms. The van der Waals surface area contributed by atoms with E-state index in [9.17, 15) is 4.79 Å². The van der Waals surface area contributed by atoms with E-state index in [1.54, 1.807) is 12.4 Å². The Balaban J connectivity index is 2.07. The smallest absolute Gasteiger partial charge is 0.373 e. The average Bonchev–Trinajstić information content (AvgIpc) is 2.42. The number of carboxylic acid groups (broad SMARTS) is 1. The van der Waals surface area contributed by atoms with E-state index in [1.165, 1.54) is 44.9 Å². The molecule has 1 N–H and O–H groups in total. The second kappa shape index (κ2) is 9.48. The molecule has 0 saturated heterocycles. The van der Waals surface area contributed by atoms with Crippen molar-refractivity contribution in [3.63, 3.8) is 0 Å². The SMILES string of the molecule is CCCCCCCCCCc1cnc(C(=O)O)nc1. The molecule has 1 aromatic heterocycles. The Morgan fingerprint density at radius 1 is 1.00 bits per heavy atom. The number of aromatic carboxylic acids is 1. The van der Waals surface area contributed by atoms with Crippen LogP contribution in [0.15, 0.2) is 12.4 Å². The topological polar surface area (TPSA) is 63.1 Å².